The fourth-order valence-electron chi connectivity index (χ4n) is 4.28. The van der Waals surface area contributed by atoms with Gasteiger partial charge in [0.1, 0.15) is 17.4 Å². The quantitative estimate of drug-likeness (QED) is 0.578. The molecule has 7 nitrogen and oxygen atoms in total. The Morgan fingerprint density at radius 3 is 2.75 bits per heavy atom. The maximum atomic E-state index is 14.2. The first-order valence-corrected chi connectivity index (χ1v) is 10.8. The molecule has 0 bridgehead atoms. The zero-order valence-electron chi connectivity index (χ0n) is 18.3. The van der Waals surface area contributed by atoms with Crippen LogP contribution in [0.25, 0.3) is 11.4 Å². The zero-order chi connectivity index (χ0) is 22.6. The van der Waals surface area contributed by atoms with Crippen LogP contribution in [-0.2, 0) is 0 Å². The van der Waals surface area contributed by atoms with E-state index in [4.69, 9.17) is 5.26 Å². The van der Waals surface area contributed by atoms with Crippen molar-refractivity contribution in [1.29, 1.82) is 5.26 Å². The summed E-state index contributed by atoms with van der Waals surface area (Å²) < 4.78 is 0. The van der Waals surface area contributed by atoms with Crippen LogP contribution in [0.2, 0.25) is 0 Å². The van der Waals surface area contributed by atoms with Crippen LogP contribution in [-0.4, -0.2) is 39.4 Å². The van der Waals surface area contributed by atoms with Crippen molar-refractivity contribution in [3.63, 3.8) is 0 Å². The second-order valence-electron chi connectivity index (χ2n) is 8.29. The summed E-state index contributed by atoms with van der Waals surface area (Å²) >= 11 is 0. The van der Waals surface area contributed by atoms with Gasteiger partial charge in [-0.25, -0.2) is 15.0 Å². The van der Waals surface area contributed by atoms with Crippen molar-refractivity contribution in [2.75, 3.05) is 18.4 Å². The van der Waals surface area contributed by atoms with Gasteiger partial charge in [-0.05, 0) is 56.5 Å². The Kier molecular flexibility index (Phi) is 6.24. The number of anilines is 1. The highest BCUT2D eigenvalue weighted by molar-refractivity contribution is 6.08. The molecule has 162 valence electrons. The van der Waals surface area contributed by atoms with E-state index >= 15 is 0 Å². The van der Waals surface area contributed by atoms with Crippen LogP contribution >= 0.6 is 0 Å². The maximum Gasteiger partial charge on any atom is 0.185 e. The summed E-state index contributed by atoms with van der Waals surface area (Å²) in [5.41, 5.74) is 2.06. The summed E-state index contributed by atoms with van der Waals surface area (Å²) in [7, 11) is 0. The number of nitrogens with one attached hydrogen (secondary N) is 2. The van der Waals surface area contributed by atoms with Gasteiger partial charge in [-0.3, -0.25) is 4.79 Å². The molecule has 2 aromatic heterocycles. The molecule has 1 aromatic carbocycles. The number of Topliss-reactive ketones (excluding diaryl/α,β-unsaturated/α-hetero) is 1. The van der Waals surface area contributed by atoms with Gasteiger partial charge in [-0.2, -0.15) is 5.26 Å². The van der Waals surface area contributed by atoms with Gasteiger partial charge in [0.15, 0.2) is 11.6 Å². The minimum atomic E-state index is -0.800. The highest BCUT2D eigenvalue weighted by Gasteiger charge is 2.45. The molecule has 1 fully saturated rings. The Hall–Kier alpha value is -3.63. The molecule has 2 N–H and O–H groups in total. The molecule has 0 aliphatic carbocycles. The summed E-state index contributed by atoms with van der Waals surface area (Å²) in [5.74, 6) is 1.31. The molecule has 7 heteroatoms. The first kappa shape index (κ1) is 21.6. The van der Waals surface area contributed by atoms with Crippen LogP contribution in [0.1, 0.15) is 41.3 Å². The smallest absolute Gasteiger partial charge is 0.185 e. The van der Waals surface area contributed by atoms with E-state index in [1.165, 1.54) is 6.20 Å². The molecular formula is C25H26N6O. The number of benzene rings is 1. The van der Waals surface area contributed by atoms with Crippen molar-refractivity contribution in [2.24, 2.45) is 5.92 Å². The number of piperidine rings is 1. The van der Waals surface area contributed by atoms with Gasteiger partial charge in [0, 0.05) is 36.3 Å². The van der Waals surface area contributed by atoms with E-state index in [2.05, 4.69) is 38.6 Å². The SMILES string of the molecule is Cc1ccc(-c2ncccn2)c(C(=O)[C@]2(CNc3ccc(C#N)cn3)NCCC[C@H]2C)c1. The third kappa shape index (κ3) is 4.23. The molecule has 1 aliphatic heterocycles. The van der Waals surface area contributed by atoms with Crippen molar-refractivity contribution in [3.8, 4) is 17.5 Å². The number of ketones is 1. The van der Waals surface area contributed by atoms with Crippen molar-refractivity contribution in [3.05, 3.63) is 71.7 Å². The molecule has 3 heterocycles. The van der Waals surface area contributed by atoms with E-state index in [0.717, 1.165) is 30.5 Å². The average molecular weight is 427 g/mol. The molecule has 4 rings (SSSR count). The number of carbonyl (C=O) groups is 1. The lowest BCUT2D eigenvalue weighted by molar-refractivity contribution is 0.0746. The van der Waals surface area contributed by atoms with Crippen LogP contribution in [0, 0.1) is 24.2 Å². The van der Waals surface area contributed by atoms with E-state index in [9.17, 15) is 4.79 Å². The van der Waals surface area contributed by atoms with E-state index in [1.807, 2.05) is 25.1 Å². The van der Waals surface area contributed by atoms with Gasteiger partial charge in [0.05, 0.1) is 5.56 Å². The highest BCUT2D eigenvalue weighted by Crippen LogP contribution is 2.33. The number of nitrogens with zero attached hydrogens (tertiary/aromatic N) is 4. The lowest BCUT2D eigenvalue weighted by atomic mass is 9.73. The fourth-order valence-corrected chi connectivity index (χ4v) is 4.28. The summed E-state index contributed by atoms with van der Waals surface area (Å²) in [4.78, 5) is 27.3. The topological polar surface area (TPSA) is 104 Å². The number of hydrogen-bond donors (Lipinski definition) is 2. The molecular weight excluding hydrogens is 400 g/mol. The summed E-state index contributed by atoms with van der Waals surface area (Å²) in [6.45, 7) is 5.25. The van der Waals surface area contributed by atoms with E-state index < -0.39 is 5.54 Å². The third-order valence-corrected chi connectivity index (χ3v) is 6.17. The highest BCUT2D eigenvalue weighted by atomic mass is 16.1. The van der Waals surface area contributed by atoms with Crippen molar-refractivity contribution >= 4 is 11.6 Å². The van der Waals surface area contributed by atoms with Crippen LogP contribution in [0.15, 0.2) is 55.0 Å². The number of carbonyl (C=O) groups excluding carboxylic acids is 1. The molecule has 1 saturated heterocycles. The number of hydrogen-bond acceptors (Lipinski definition) is 7. The molecule has 0 radical (unpaired) electrons. The fraction of sp³-hybridized carbons (Fsp3) is 0.320. The van der Waals surface area contributed by atoms with Crippen molar-refractivity contribution in [1.82, 2.24) is 20.3 Å². The van der Waals surface area contributed by atoms with Gasteiger partial charge < -0.3 is 10.6 Å². The lowest BCUT2D eigenvalue weighted by Crippen LogP contribution is -2.63. The van der Waals surface area contributed by atoms with Crippen LogP contribution in [0.5, 0.6) is 0 Å². The third-order valence-electron chi connectivity index (χ3n) is 6.17. The minimum Gasteiger partial charge on any atom is -0.368 e. The Balaban J connectivity index is 1.72. The van der Waals surface area contributed by atoms with Gasteiger partial charge in [-0.1, -0.05) is 24.6 Å². The van der Waals surface area contributed by atoms with Gasteiger partial charge in [0.25, 0.3) is 0 Å². The molecule has 0 amide bonds. The van der Waals surface area contributed by atoms with Crippen LogP contribution < -0.4 is 10.6 Å². The number of pyridine rings is 1. The normalized spacial score (nSPS) is 20.3. The molecule has 2 atom stereocenters. The Bertz CT molecular complexity index is 1140. The second-order valence-corrected chi connectivity index (χ2v) is 8.29. The summed E-state index contributed by atoms with van der Waals surface area (Å²) in [5, 5.41) is 15.9. The van der Waals surface area contributed by atoms with Crippen molar-refractivity contribution < 1.29 is 4.79 Å². The van der Waals surface area contributed by atoms with Gasteiger partial charge in [0.2, 0.25) is 0 Å². The molecule has 3 aromatic rings. The molecule has 32 heavy (non-hydrogen) atoms. The van der Waals surface area contributed by atoms with E-state index in [0.29, 0.717) is 29.3 Å². The van der Waals surface area contributed by atoms with Crippen LogP contribution in [0.4, 0.5) is 5.82 Å². The van der Waals surface area contributed by atoms with Crippen LogP contribution in [0.3, 0.4) is 0 Å². The van der Waals surface area contributed by atoms with E-state index in [1.54, 1.807) is 30.6 Å². The Morgan fingerprint density at radius 1 is 1.25 bits per heavy atom. The monoisotopic (exact) mass is 426 g/mol. The number of aromatic nitrogens is 3. The standard InChI is InChI=1S/C25H26N6O/c1-17-6-8-20(24-27-10-4-11-28-24)21(13-17)23(32)25(18(2)5-3-12-31-25)16-30-22-9-7-19(14-26)15-29-22/h4,6-11,13,15,18,31H,3,5,12,16H2,1-2H3,(H,29,30)/t18-,25-/m1/s1. The number of aryl methyl sites for hydroxylation is 1. The Labute approximate surface area is 188 Å². The number of rotatable bonds is 6. The average Bonchev–Trinajstić information content (AvgIpc) is 2.84. The minimum absolute atomic E-state index is 0.0250. The predicted molar refractivity (Wildman–Crippen MR) is 123 cm³/mol. The zero-order valence-corrected chi connectivity index (χ0v) is 18.3. The lowest BCUT2D eigenvalue weighted by Gasteiger charge is -2.43. The summed E-state index contributed by atoms with van der Waals surface area (Å²) in [6, 6.07) is 13.1. The van der Waals surface area contributed by atoms with E-state index in [-0.39, 0.29) is 11.7 Å². The van der Waals surface area contributed by atoms with Crippen molar-refractivity contribution in [2.45, 2.75) is 32.2 Å². The molecule has 1 aliphatic rings. The predicted octanol–water partition coefficient (Wildman–Crippen LogP) is 3.77. The van der Waals surface area contributed by atoms with Gasteiger partial charge >= 0.3 is 0 Å². The number of nitriles is 1. The maximum absolute atomic E-state index is 14.2. The first-order valence-electron chi connectivity index (χ1n) is 10.8. The molecule has 0 unspecified atom stereocenters. The largest absolute Gasteiger partial charge is 0.368 e. The second kappa shape index (κ2) is 9.25. The summed E-state index contributed by atoms with van der Waals surface area (Å²) in [6.07, 6.45) is 6.87. The van der Waals surface area contributed by atoms with Gasteiger partial charge in [-0.15, -0.1) is 0 Å². The molecule has 0 spiro atoms. The molecule has 0 saturated carbocycles. The first-order chi connectivity index (χ1) is 15.5. The Morgan fingerprint density at radius 2 is 2.06 bits per heavy atom.